The maximum atomic E-state index is 12.2. The third kappa shape index (κ3) is 3.37. The van der Waals surface area contributed by atoms with Crippen molar-refractivity contribution in [2.45, 2.75) is 19.8 Å². The summed E-state index contributed by atoms with van der Waals surface area (Å²) in [6, 6.07) is 1.81. The molecule has 6 heteroatoms. The van der Waals surface area contributed by atoms with Gasteiger partial charge >= 0.3 is 0 Å². The molecule has 0 atom stereocenters. The Morgan fingerprint density at radius 3 is 2.80 bits per heavy atom. The molecule has 0 unspecified atom stereocenters. The van der Waals surface area contributed by atoms with E-state index in [0.717, 1.165) is 31.6 Å². The van der Waals surface area contributed by atoms with Gasteiger partial charge in [-0.05, 0) is 38.9 Å². The first-order valence-electron chi connectivity index (χ1n) is 7.05. The molecular formula is C14H24N4O2. The number of ether oxygens (including phenoxy) is 1. The van der Waals surface area contributed by atoms with Crippen LogP contribution in [0, 0.1) is 12.3 Å². The molecule has 1 amide bonds. The lowest BCUT2D eigenvalue weighted by molar-refractivity contribution is 0.0510. The Balaban J connectivity index is 1.96. The van der Waals surface area contributed by atoms with Gasteiger partial charge in [0.1, 0.15) is 5.69 Å². The molecule has 0 aromatic carbocycles. The fourth-order valence-corrected chi connectivity index (χ4v) is 2.67. The predicted molar refractivity (Wildman–Crippen MR) is 76.7 cm³/mol. The number of hydrogen-bond donors (Lipinski definition) is 2. The van der Waals surface area contributed by atoms with Crippen molar-refractivity contribution < 1.29 is 9.53 Å². The summed E-state index contributed by atoms with van der Waals surface area (Å²) in [6.07, 6.45) is 2.03. The van der Waals surface area contributed by atoms with E-state index in [1.807, 2.05) is 14.0 Å². The fourth-order valence-electron chi connectivity index (χ4n) is 2.67. The summed E-state index contributed by atoms with van der Waals surface area (Å²) in [5.74, 6) is -0.109. The molecule has 0 aliphatic carbocycles. The molecule has 2 N–H and O–H groups in total. The van der Waals surface area contributed by atoms with E-state index in [-0.39, 0.29) is 11.3 Å². The zero-order chi connectivity index (χ0) is 14.6. The highest BCUT2D eigenvalue weighted by Crippen LogP contribution is 2.28. The van der Waals surface area contributed by atoms with Gasteiger partial charge in [-0.1, -0.05) is 0 Å². The summed E-state index contributed by atoms with van der Waals surface area (Å²) in [6.45, 7) is 5.19. The van der Waals surface area contributed by atoms with Gasteiger partial charge in [-0.25, -0.2) is 0 Å². The number of carbonyl (C=O) groups excluding carboxylic acids is 1. The number of nitrogens with zero attached hydrogens (tertiary/aromatic N) is 2. The first kappa shape index (κ1) is 15.0. The van der Waals surface area contributed by atoms with E-state index >= 15 is 0 Å². The van der Waals surface area contributed by atoms with Crippen LogP contribution < -0.4 is 10.6 Å². The molecular weight excluding hydrogens is 256 g/mol. The normalized spacial score (nSPS) is 17.9. The molecule has 0 saturated carbocycles. The van der Waals surface area contributed by atoms with E-state index in [0.29, 0.717) is 18.8 Å². The Labute approximate surface area is 119 Å². The van der Waals surface area contributed by atoms with Crippen molar-refractivity contribution in [3.8, 4) is 0 Å². The van der Waals surface area contributed by atoms with Crippen LogP contribution in [0.1, 0.15) is 29.0 Å². The number of piperidine rings is 1. The molecule has 6 nitrogen and oxygen atoms in total. The van der Waals surface area contributed by atoms with Gasteiger partial charge < -0.3 is 15.4 Å². The molecule has 1 aliphatic heterocycles. The molecule has 2 rings (SSSR count). The van der Waals surface area contributed by atoms with Crippen LogP contribution in [0.25, 0.3) is 0 Å². The molecule has 20 heavy (non-hydrogen) atoms. The van der Waals surface area contributed by atoms with Gasteiger partial charge in [0.05, 0.1) is 6.61 Å². The number of nitrogens with one attached hydrogen (secondary N) is 2. The first-order valence-corrected chi connectivity index (χ1v) is 7.05. The molecule has 1 aromatic heterocycles. The van der Waals surface area contributed by atoms with Crippen LogP contribution in [0.2, 0.25) is 0 Å². The maximum absolute atomic E-state index is 12.2. The van der Waals surface area contributed by atoms with Crippen molar-refractivity contribution in [1.29, 1.82) is 0 Å². The Morgan fingerprint density at radius 1 is 1.55 bits per heavy atom. The third-order valence-corrected chi connectivity index (χ3v) is 4.09. The Hall–Kier alpha value is -1.40. The zero-order valence-corrected chi connectivity index (χ0v) is 12.5. The second-order valence-corrected chi connectivity index (χ2v) is 5.66. The number of methoxy groups -OCH3 is 1. The van der Waals surface area contributed by atoms with Crippen molar-refractivity contribution in [1.82, 2.24) is 20.4 Å². The molecule has 0 spiro atoms. The van der Waals surface area contributed by atoms with E-state index in [4.69, 9.17) is 4.74 Å². The highest BCUT2D eigenvalue weighted by atomic mass is 16.5. The van der Waals surface area contributed by atoms with E-state index in [1.54, 1.807) is 17.9 Å². The quantitative estimate of drug-likeness (QED) is 0.823. The van der Waals surface area contributed by atoms with E-state index < -0.39 is 0 Å². The number of rotatable bonds is 5. The van der Waals surface area contributed by atoms with E-state index in [2.05, 4.69) is 15.7 Å². The average molecular weight is 280 g/mol. The largest absolute Gasteiger partial charge is 0.384 e. The van der Waals surface area contributed by atoms with Gasteiger partial charge in [-0.3, -0.25) is 9.48 Å². The number of aryl methyl sites for hydroxylation is 2. The first-order chi connectivity index (χ1) is 9.56. The number of hydrogen-bond acceptors (Lipinski definition) is 4. The predicted octanol–water partition coefficient (Wildman–Crippen LogP) is 0.475. The van der Waals surface area contributed by atoms with Crippen LogP contribution in [0.3, 0.4) is 0 Å². The molecule has 1 aliphatic rings. The van der Waals surface area contributed by atoms with Crippen LogP contribution in [-0.2, 0) is 11.8 Å². The van der Waals surface area contributed by atoms with Crippen molar-refractivity contribution in [2.75, 3.05) is 33.4 Å². The average Bonchev–Trinajstić information content (AvgIpc) is 2.78. The summed E-state index contributed by atoms with van der Waals surface area (Å²) in [4.78, 5) is 12.2. The van der Waals surface area contributed by atoms with Gasteiger partial charge in [0.25, 0.3) is 5.91 Å². The smallest absolute Gasteiger partial charge is 0.271 e. The lowest BCUT2D eigenvalue weighted by atomic mass is 9.79. The van der Waals surface area contributed by atoms with Gasteiger partial charge in [0.2, 0.25) is 0 Å². The molecule has 1 fully saturated rings. The number of aromatic nitrogens is 2. The van der Waals surface area contributed by atoms with E-state index in [9.17, 15) is 4.79 Å². The minimum Gasteiger partial charge on any atom is -0.384 e. The number of carbonyl (C=O) groups is 1. The van der Waals surface area contributed by atoms with Crippen molar-refractivity contribution >= 4 is 5.91 Å². The maximum Gasteiger partial charge on any atom is 0.271 e. The number of amides is 1. The molecule has 112 valence electrons. The van der Waals surface area contributed by atoms with Gasteiger partial charge in [0, 0.05) is 31.8 Å². The summed E-state index contributed by atoms with van der Waals surface area (Å²) >= 11 is 0. The Kier molecular flexibility index (Phi) is 4.77. The summed E-state index contributed by atoms with van der Waals surface area (Å²) in [7, 11) is 3.55. The summed E-state index contributed by atoms with van der Waals surface area (Å²) < 4.78 is 7.06. The van der Waals surface area contributed by atoms with Crippen molar-refractivity contribution in [3.05, 3.63) is 17.5 Å². The standard InChI is InChI=1S/C14H24N4O2/c1-11-8-12(17-18(11)2)13(19)16-9-14(10-20-3)4-6-15-7-5-14/h8,15H,4-7,9-10H2,1-3H3,(H,16,19). The molecule has 1 aromatic rings. The summed E-state index contributed by atoms with van der Waals surface area (Å²) in [5.41, 5.74) is 1.49. The minimum atomic E-state index is -0.109. The zero-order valence-electron chi connectivity index (χ0n) is 12.5. The topological polar surface area (TPSA) is 68.2 Å². The van der Waals surface area contributed by atoms with Crippen LogP contribution in [0.5, 0.6) is 0 Å². The highest BCUT2D eigenvalue weighted by Gasteiger charge is 2.32. The second kappa shape index (κ2) is 6.37. The lowest BCUT2D eigenvalue weighted by Crippen LogP contribution is -2.47. The third-order valence-electron chi connectivity index (χ3n) is 4.09. The van der Waals surface area contributed by atoms with E-state index in [1.165, 1.54) is 0 Å². The fraction of sp³-hybridized carbons (Fsp3) is 0.714. The monoisotopic (exact) mass is 280 g/mol. The van der Waals surface area contributed by atoms with Crippen LogP contribution >= 0.6 is 0 Å². The summed E-state index contributed by atoms with van der Waals surface area (Å²) in [5, 5.41) is 10.6. The van der Waals surface area contributed by atoms with Gasteiger partial charge in [0.15, 0.2) is 0 Å². The van der Waals surface area contributed by atoms with Gasteiger partial charge in [-0.2, -0.15) is 5.10 Å². The lowest BCUT2D eigenvalue weighted by Gasteiger charge is -2.37. The molecule has 0 radical (unpaired) electrons. The van der Waals surface area contributed by atoms with Crippen molar-refractivity contribution in [2.24, 2.45) is 12.5 Å². The Bertz CT molecular complexity index is 439. The molecule has 1 saturated heterocycles. The highest BCUT2D eigenvalue weighted by molar-refractivity contribution is 5.92. The minimum absolute atomic E-state index is 0.0412. The van der Waals surface area contributed by atoms with Crippen LogP contribution in [0.4, 0.5) is 0 Å². The SMILES string of the molecule is COCC1(CNC(=O)c2cc(C)n(C)n2)CCNCC1. The Morgan fingerprint density at radius 2 is 2.25 bits per heavy atom. The van der Waals surface area contributed by atoms with Gasteiger partial charge in [-0.15, -0.1) is 0 Å². The van der Waals surface area contributed by atoms with Crippen LogP contribution in [-0.4, -0.2) is 49.0 Å². The molecule has 2 heterocycles. The molecule has 0 bridgehead atoms. The van der Waals surface area contributed by atoms with Crippen molar-refractivity contribution in [3.63, 3.8) is 0 Å². The second-order valence-electron chi connectivity index (χ2n) is 5.66. The van der Waals surface area contributed by atoms with Crippen LogP contribution in [0.15, 0.2) is 6.07 Å².